The van der Waals surface area contributed by atoms with Gasteiger partial charge in [-0.1, -0.05) is 6.07 Å². The maximum Gasteiger partial charge on any atom is 0.233 e. The van der Waals surface area contributed by atoms with Crippen molar-refractivity contribution in [2.45, 2.75) is 38.1 Å². The molecule has 2 fully saturated rings. The summed E-state index contributed by atoms with van der Waals surface area (Å²) in [6, 6.07) is 10.0. The minimum atomic E-state index is -3.80. The monoisotopic (exact) mass is 467 g/mol. The van der Waals surface area contributed by atoms with E-state index in [9.17, 15) is 17.6 Å². The number of hydrogen-bond donors (Lipinski definition) is 2. The number of nitrogens with zero attached hydrogens (tertiary/aromatic N) is 3. The summed E-state index contributed by atoms with van der Waals surface area (Å²) in [5, 5.41) is 9.68. The number of fused-ring (bicyclic) bond motifs is 1. The number of carbonyl (C=O) groups is 1. The first-order chi connectivity index (χ1) is 15.8. The van der Waals surface area contributed by atoms with Gasteiger partial charge in [-0.05, 0) is 66.5 Å². The van der Waals surface area contributed by atoms with Crippen LogP contribution in [0.4, 0.5) is 15.9 Å². The average Bonchev–Trinajstić information content (AvgIpc) is 3.68. The van der Waals surface area contributed by atoms with Crippen molar-refractivity contribution in [1.29, 1.82) is 5.26 Å². The van der Waals surface area contributed by atoms with Crippen molar-refractivity contribution in [3.05, 3.63) is 42.3 Å². The van der Waals surface area contributed by atoms with Crippen LogP contribution in [0, 0.1) is 22.6 Å². The standard InChI is InChI=1S/C23H22FN5O3S/c24-19-11-15(1-4-20(19)28-33(31,32)13-23(6-7-23)8-9-25)18-12-21(29(14-30)16-2-3-16)27-22-17(18)5-10-26-22/h1,4-5,10-12,14,16,28H,2-3,6-8,13H2,(H,26,27). The maximum atomic E-state index is 15.0. The molecule has 8 nitrogen and oxygen atoms in total. The van der Waals surface area contributed by atoms with Gasteiger partial charge in [-0.2, -0.15) is 5.26 Å². The van der Waals surface area contributed by atoms with Crippen LogP contribution in [-0.2, 0) is 14.8 Å². The highest BCUT2D eigenvalue weighted by Gasteiger charge is 2.46. The number of aromatic nitrogens is 2. The van der Waals surface area contributed by atoms with Crippen molar-refractivity contribution < 1.29 is 17.6 Å². The Kier molecular flexibility index (Phi) is 5.09. The molecule has 10 heteroatoms. The first-order valence-electron chi connectivity index (χ1n) is 10.7. The summed E-state index contributed by atoms with van der Waals surface area (Å²) in [7, 11) is -3.80. The van der Waals surface area contributed by atoms with Gasteiger partial charge in [0.15, 0.2) is 0 Å². The predicted octanol–water partition coefficient (Wildman–Crippen LogP) is 3.93. The fourth-order valence-corrected chi connectivity index (χ4v) is 5.93. The topological polar surface area (TPSA) is 119 Å². The fraction of sp³-hybridized carbons (Fsp3) is 0.348. The number of rotatable bonds is 9. The molecule has 1 aromatic carbocycles. The van der Waals surface area contributed by atoms with Crippen LogP contribution in [0.1, 0.15) is 32.1 Å². The molecule has 0 unspecified atom stereocenters. The SMILES string of the molecule is N#CCC1(CS(=O)(=O)Nc2ccc(-c3cc(N(C=O)C4CC4)nc4[nH]ccc34)cc2F)CC1. The molecule has 0 atom stereocenters. The highest BCUT2D eigenvalue weighted by Crippen LogP contribution is 2.49. The van der Waals surface area contributed by atoms with Crippen LogP contribution in [0.5, 0.6) is 0 Å². The van der Waals surface area contributed by atoms with E-state index in [1.807, 2.05) is 12.1 Å². The highest BCUT2D eigenvalue weighted by atomic mass is 32.2. The molecule has 2 saturated carbocycles. The van der Waals surface area contributed by atoms with Crippen LogP contribution in [0.3, 0.4) is 0 Å². The molecular weight excluding hydrogens is 445 g/mol. The first kappa shape index (κ1) is 21.4. The number of nitrogens with one attached hydrogen (secondary N) is 2. The smallest absolute Gasteiger partial charge is 0.233 e. The summed E-state index contributed by atoms with van der Waals surface area (Å²) >= 11 is 0. The van der Waals surface area contributed by atoms with E-state index in [2.05, 4.69) is 14.7 Å². The summed E-state index contributed by atoms with van der Waals surface area (Å²) in [6.07, 6.45) is 5.84. The molecule has 0 saturated heterocycles. The van der Waals surface area contributed by atoms with Crippen molar-refractivity contribution in [1.82, 2.24) is 9.97 Å². The van der Waals surface area contributed by atoms with Gasteiger partial charge in [0, 0.05) is 24.0 Å². The third-order valence-corrected chi connectivity index (χ3v) is 7.81. The zero-order chi connectivity index (χ0) is 23.2. The maximum absolute atomic E-state index is 15.0. The van der Waals surface area contributed by atoms with Crippen LogP contribution in [0.25, 0.3) is 22.2 Å². The number of nitriles is 1. The number of pyridine rings is 1. The van der Waals surface area contributed by atoms with Gasteiger partial charge in [0.05, 0.1) is 17.5 Å². The minimum Gasteiger partial charge on any atom is -0.346 e. The predicted molar refractivity (Wildman–Crippen MR) is 122 cm³/mol. The molecule has 2 aromatic heterocycles. The molecule has 0 aliphatic heterocycles. The molecule has 0 radical (unpaired) electrons. The summed E-state index contributed by atoms with van der Waals surface area (Å²) in [6.45, 7) is 0. The molecule has 3 aromatic rings. The lowest BCUT2D eigenvalue weighted by atomic mass is 10.0. The third kappa shape index (κ3) is 4.28. The van der Waals surface area contributed by atoms with Gasteiger partial charge < -0.3 is 4.98 Å². The molecule has 1 amide bonds. The van der Waals surface area contributed by atoms with Crippen LogP contribution in [0.2, 0.25) is 0 Å². The molecule has 0 spiro atoms. The lowest BCUT2D eigenvalue weighted by Crippen LogP contribution is -2.24. The van der Waals surface area contributed by atoms with Gasteiger partial charge >= 0.3 is 0 Å². The van der Waals surface area contributed by atoms with E-state index in [4.69, 9.17) is 5.26 Å². The fourth-order valence-electron chi connectivity index (χ4n) is 4.16. The Morgan fingerprint density at radius 1 is 1.30 bits per heavy atom. The minimum absolute atomic E-state index is 0.125. The summed E-state index contributed by atoms with van der Waals surface area (Å²) < 4.78 is 42.4. The lowest BCUT2D eigenvalue weighted by Gasteiger charge is -2.17. The number of hydrogen-bond acceptors (Lipinski definition) is 5. The molecule has 2 aliphatic rings. The van der Waals surface area contributed by atoms with E-state index < -0.39 is 21.3 Å². The van der Waals surface area contributed by atoms with Crippen molar-refractivity contribution in [2.24, 2.45) is 5.41 Å². The van der Waals surface area contributed by atoms with Gasteiger partial charge in [0.25, 0.3) is 0 Å². The Bertz CT molecular complexity index is 1390. The number of amides is 1. The van der Waals surface area contributed by atoms with Crippen LogP contribution in [0.15, 0.2) is 36.5 Å². The van der Waals surface area contributed by atoms with E-state index in [-0.39, 0.29) is 23.9 Å². The number of H-pyrrole nitrogens is 1. The molecule has 0 bridgehead atoms. The summed E-state index contributed by atoms with van der Waals surface area (Å²) in [4.78, 5) is 20.8. The summed E-state index contributed by atoms with van der Waals surface area (Å²) in [5.41, 5.74) is 1.14. The van der Waals surface area contributed by atoms with Gasteiger partial charge in [0.2, 0.25) is 16.4 Å². The van der Waals surface area contributed by atoms with Gasteiger partial charge in [-0.25, -0.2) is 17.8 Å². The molecule has 2 aliphatic carbocycles. The Morgan fingerprint density at radius 2 is 2.09 bits per heavy atom. The van der Waals surface area contributed by atoms with Crippen molar-refractivity contribution in [3.63, 3.8) is 0 Å². The summed E-state index contributed by atoms with van der Waals surface area (Å²) in [5.74, 6) is -0.428. The van der Waals surface area contributed by atoms with E-state index >= 15 is 0 Å². The second kappa shape index (κ2) is 7.85. The van der Waals surface area contributed by atoms with Gasteiger partial charge in [0.1, 0.15) is 17.3 Å². The van der Waals surface area contributed by atoms with Crippen molar-refractivity contribution in [3.8, 4) is 17.2 Å². The van der Waals surface area contributed by atoms with E-state index in [0.29, 0.717) is 35.4 Å². The number of aromatic amines is 1. The normalized spacial score (nSPS) is 16.8. The van der Waals surface area contributed by atoms with E-state index in [0.717, 1.165) is 24.6 Å². The second-order valence-electron chi connectivity index (χ2n) is 8.90. The Labute approximate surface area is 190 Å². The Balaban J connectivity index is 1.45. The zero-order valence-electron chi connectivity index (χ0n) is 17.7. The largest absolute Gasteiger partial charge is 0.346 e. The average molecular weight is 468 g/mol. The second-order valence-corrected chi connectivity index (χ2v) is 10.6. The van der Waals surface area contributed by atoms with Gasteiger partial charge in [-0.3, -0.25) is 14.4 Å². The first-order valence-corrected chi connectivity index (χ1v) is 12.4. The molecule has 33 heavy (non-hydrogen) atoms. The van der Waals surface area contributed by atoms with Crippen LogP contribution < -0.4 is 9.62 Å². The van der Waals surface area contributed by atoms with Crippen molar-refractivity contribution >= 4 is 39.0 Å². The number of sulfonamides is 1. The molecule has 5 rings (SSSR count). The highest BCUT2D eigenvalue weighted by molar-refractivity contribution is 7.92. The van der Waals surface area contributed by atoms with Crippen molar-refractivity contribution in [2.75, 3.05) is 15.4 Å². The lowest BCUT2D eigenvalue weighted by molar-refractivity contribution is -0.107. The molecule has 170 valence electrons. The van der Waals surface area contributed by atoms with Crippen LogP contribution in [-0.4, -0.2) is 36.6 Å². The number of anilines is 2. The molecule has 2 N–H and O–H groups in total. The zero-order valence-corrected chi connectivity index (χ0v) is 18.5. The van der Waals surface area contributed by atoms with E-state index in [1.165, 1.54) is 12.1 Å². The Hall–Kier alpha value is -3.45. The number of halogens is 1. The van der Waals surface area contributed by atoms with E-state index in [1.54, 1.807) is 23.2 Å². The number of carbonyl (C=O) groups excluding carboxylic acids is 1. The Morgan fingerprint density at radius 3 is 2.73 bits per heavy atom. The molecule has 2 heterocycles. The van der Waals surface area contributed by atoms with Gasteiger partial charge in [-0.15, -0.1) is 0 Å². The number of benzene rings is 1. The molecular formula is C23H22FN5O3S. The third-order valence-electron chi connectivity index (χ3n) is 6.29. The quantitative estimate of drug-likeness (QED) is 0.462. The van der Waals surface area contributed by atoms with Crippen LogP contribution >= 0.6 is 0 Å².